The van der Waals surface area contributed by atoms with E-state index in [4.69, 9.17) is 0 Å². The zero-order chi connectivity index (χ0) is 15.0. The summed E-state index contributed by atoms with van der Waals surface area (Å²) in [6.07, 6.45) is -6.92. The van der Waals surface area contributed by atoms with Gasteiger partial charge in [-0.25, -0.2) is 0 Å². The van der Waals surface area contributed by atoms with Gasteiger partial charge >= 0.3 is 23.9 Å². The van der Waals surface area contributed by atoms with E-state index in [0.29, 0.717) is 0 Å². The molecule has 0 aromatic carbocycles. The smallest absolute Gasteiger partial charge is 0.351 e. The normalized spacial score (nSPS) is 14.6. The topological polar surface area (TPSA) is 29.1 Å². The second kappa shape index (κ2) is 4.50. The number of carbonyl (C=O) groups is 1. The lowest BCUT2D eigenvalue weighted by Gasteiger charge is -2.32. The standard InChI is InChI=1S/C7H6F9NO/c1-2-17-3(18)4(8,9)5(10,11)6(12,13)7(14,15)16/h2H2,1H3,(H,17,18). The van der Waals surface area contributed by atoms with Crippen molar-refractivity contribution in [2.45, 2.75) is 30.9 Å². The van der Waals surface area contributed by atoms with Crippen molar-refractivity contribution >= 4 is 5.91 Å². The van der Waals surface area contributed by atoms with Crippen molar-refractivity contribution in [3.8, 4) is 0 Å². The molecule has 0 aromatic rings. The highest BCUT2D eigenvalue weighted by Gasteiger charge is 2.83. The van der Waals surface area contributed by atoms with Gasteiger partial charge in [-0.3, -0.25) is 4.79 Å². The SMILES string of the molecule is CCNC(=O)C(F)(F)C(F)(F)C(F)(F)C(F)(F)F. The first kappa shape index (κ1) is 16.8. The van der Waals surface area contributed by atoms with Gasteiger partial charge in [0.1, 0.15) is 0 Å². The first-order valence-corrected chi connectivity index (χ1v) is 4.22. The van der Waals surface area contributed by atoms with E-state index in [9.17, 15) is 44.3 Å². The number of alkyl halides is 9. The summed E-state index contributed by atoms with van der Waals surface area (Å²) in [6.45, 7) is 0.329. The van der Waals surface area contributed by atoms with E-state index in [2.05, 4.69) is 0 Å². The Balaban J connectivity index is 5.57. The highest BCUT2D eigenvalue weighted by molar-refractivity contribution is 5.84. The fourth-order valence-corrected chi connectivity index (χ4v) is 0.789. The summed E-state index contributed by atoms with van der Waals surface area (Å²) in [5.74, 6) is -23.1. The van der Waals surface area contributed by atoms with Crippen molar-refractivity contribution in [2.24, 2.45) is 0 Å². The third-order valence-corrected chi connectivity index (χ3v) is 1.77. The van der Waals surface area contributed by atoms with Gasteiger partial charge in [-0.1, -0.05) is 0 Å². The zero-order valence-electron chi connectivity index (χ0n) is 8.52. The summed E-state index contributed by atoms with van der Waals surface area (Å²) in [7, 11) is 0. The van der Waals surface area contributed by atoms with Crippen LogP contribution in [0.4, 0.5) is 39.5 Å². The Bertz CT molecular complexity index is 321. The summed E-state index contributed by atoms with van der Waals surface area (Å²) < 4.78 is 110. The molecule has 0 unspecified atom stereocenters. The third kappa shape index (κ3) is 2.34. The van der Waals surface area contributed by atoms with Gasteiger partial charge in [0, 0.05) is 6.54 Å². The van der Waals surface area contributed by atoms with E-state index >= 15 is 0 Å². The Kier molecular flexibility index (Phi) is 4.21. The largest absolute Gasteiger partial charge is 0.460 e. The number of halogens is 9. The number of nitrogens with one attached hydrogen (secondary N) is 1. The van der Waals surface area contributed by atoms with Crippen molar-refractivity contribution < 1.29 is 44.3 Å². The molecule has 0 bridgehead atoms. The highest BCUT2D eigenvalue weighted by Crippen LogP contribution is 2.52. The minimum absolute atomic E-state index is 0.651. The molecule has 0 saturated carbocycles. The average Bonchev–Trinajstić information content (AvgIpc) is 2.15. The maximum absolute atomic E-state index is 12.7. The lowest BCUT2D eigenvalue weighted by molar-refractivity contribution is -0.388. The molecule has 18 heavy (non-hydrogen) atoms. The third-order valence-electron chi connectivity index (χ3n) is 1.77. The molecule has 1 amide bonds. The first-order chi connectivity index (χ1) is 7.73. The molecular weight excluding hydrogens is 285 g/mol. The Morgan fingerprint density at radius 3 is 1.56 bits per heavy atom. The summed E-state index contributed by atoms with van der Waals surface area (Å²) in [6, 6.07) is 0. The van der Waals surface area contributed by atoms with Crippen molar-refractivity contribution in [1.29, 1.82) is 0 Å². The quantitative estimate of drug-likeness (QED) is 0.793. The number of hydrogen-bond acceptors (Lipinski definition) is 1. The van der Waals surface area contributed by atoms with Gasteiger partial charge in [-0.2, -0.15) is 39.5 Å². The van der Waals surface area contributed by atoms with Crippen molar-refractivity contribution in [1.82, 2.24) is 5.32 Å². The van der Waals surface area contributed by atoms with Crippen molar-refractivity contribution in [2.75, 3.05) is 6.54 Å². The number of hydrogen-bond donors (Lipinski definition) is 1. The maximum atomic E-state index is 12.7. The monoisotopic (exact) mass is 291 g/mol. The fraction of sp³-hybridized carbons (Fsp3) is 0.857. The molecule has 0 aliphatic carbocycles. The molecule has 0 saturated heterocycles. The van der Waals surface area contributed by atoms with Crippen LogP contribution in [0.1, 0.15) is 6.92 Å². The summed E-state index contributed by atoms with van der Waals surface area (Å²) in [5, 5.41) is 1.05. The van der Waals surface area contributed by atoms with Crippen LogP contribution in [-0.4, -0.2) is 36.4 Å². The van der Waals surface area contributed by atoms with Gasteiger partial charge in [-0.15, -0.1) is 0 Å². The highest BCUT2D eigenvalue weighted by atomic mass is 19.4. The predicted octanol–water partition coefficient (Wildman–Crippen LogP) is 2.59. The molecular formula is C7H6F9NO. The number of rotatable bonds is 4. The minimum atomic E-state index is -7.05. The summed E-state index contributed by atoms with van der Waals surface area (Å²) in [4.78, 5) is 10.4. The Labute approximate surface area is 94.1 Å². The van der Waals surface area contributed by atoms with Crippen LogP contribution in [0.3, 0.4) is 0 Å². The Morgan fingerprint density at radius 1 is 0.889 bits per heavy atom. The molecule has 2 nitrogen and oxygen atoms in total. The number of amides is 1. The van der Waals surface area contributed by atoms with E-state index in [1.807, 2.05) is 0 Å². The van der Waals surface area contributed by atoms with Gasteiger partial charge in [0.15, 0.2) is 0 Å². The van der Waals surface area contributed by atoms with Crippen molar-refractivity contribution in [3.63, 3.8) is 0 Å². The Morgan fingerprint density at radius 2 is 1.28 bits per heavy atom. The van der Waals surface area contributed by atoms with E-state index in [1.165, 1.54) is 0 Å². The fourth-order valence-electron chi connectivity index (χ4n) is 0.789. The molecule has 0 rings (SSSR count). The lowest BCUT2D eigenvalue weighted by atomic mass is 10.0. The van der Waals surface area contributed by atoms with E-state index < -0.39 is 36.4 Å². The van der Waals surface area contributed by atoms with E-state index in [-0.39, 0.29) is 0 Å². The van der Waals surface area contributed by atoms with Crippen LogP contribution in [-0.2, 0) is 4.79 Å². The molecule has 0 atom stereocenters. The number of carbonyl (C=O) groups excluding carboxylic acids is 1. The van der Waals surface area contributed by atoms with Gasteiger partial charge in [0.25, 0.3) is 5.91 Å². The molecule has 0 aliphatic rings. The molecule has 1 N–H and O–H groups in total. The van der Waals surface area contributed by atoms with Crippen LogP contribution in [0.2, 0.25) is 0 Å². The molecule has 0 spiro atoms. The summed E-state index contributed by atoms with van der Waals surface area (Å²) >= 11 is 0. The average molecular weight is 291 g/mol. The lowest BCUT2D eigenvalue weighted by Crippen LogP contribution is -2.65. The van der Waals surface area contributed by atoms with Gasteiger partial charge in [0.05, 0.1) is 0 Å². The maximum Gasteiger partial charge on any atom is 0.460 e. The van der Waals surface area contributed by atoms with Gasteiger partial charge < -0.3 is 5.32 Å². The molecule has 0 aromatic heterocycles. The Hall–Kier alpha value is -1.16. The minimum Gasteiger partial charge on any atom is -0.351 e. The second-order valence-electron chi connectivity index (χ2n) is 3.08. The molecule has 0 aliphatic heterocycles. The van der Waals surface area contributed by atoms with Crippen LogP contribution < -0.4 is 5.32 Å². The van der Waals surface area contributed by atoms with Crippen molar-refractivity contribution in [3.05, 3.63) is 0 Å². The van der Waals surface area contributed by atoms with Crippen LogP contribution in [0.5, 0.6) is 0 Å². The summed E-state index contributed by atoms with van der Waals surface area (Å²) in [5.41, 5.74) is 0. The predicted molar refractivity (Wildman–Crippen MR) is 39.6 cm³/mol. The van der Waals surface area contributed by atoms with Gasteiger partial charge in [0.2, 0.25) is 0 Å². The van der Waals surface area contributed by atoms with Crippen LogP contribution in [0.15, 0.2) is 0 Å². The van der Waals surface area contributed by atoms with Gasteiger partial charge in [-0.05, 0) is 6.92 Å². The van der Waals surface area contributed by atoms with Crippen LogP contribution >= 0.6 is 0 Å². The molecule has 0 heterocycles. The van der Waals surface area contributed by atoms with E-state index in [1.54, 1.807) is 0 Å². The van der Waals surface area contributed by atoms with E-state index in [0.717, 1.165) is 12.2 Å². The second-order valence-corrected chi connectivity index (χ2v) is 3.08. The molecule has 0 radical (unpaired) electrons. The van der Waals surface area contributed by atoms with Crippen LogP contribution in [0, 0.1) is 0 Å². The molecule has 11 heteroatoms. The zero-order valence-corrected chi connectivity index (χ0v) is 8.52. The molecule has 108 valence electrons. The first-order valence-electron chi connectivity index (χ1n) is 4.22. The van der Waals surface area contributed by atoms with Crippen LogP contribution in [0.25, 0.3) is 0 Å². The molecule has 0 fully saturated rings.